The van der Waals surface area contributed by atoms with E-state index in [1.54, 1.807) is 0 Å². The van der Waals surface area contributed by atoms with Crippen LogP contribution in [0.2, 0.25) is 5.02 Å². The molecule has 2 rings (SSSR count). The number of rotatable bonds is 5. The zero-order chi connectivity index (χ0) is 18.6. The number of hydrogen-bond acceptors (Lipinski definition) is 4. The third kappa shape index (κ3) is 4.97. The monoisotopic (exact) mass is 379 g/mol. The summed E-state index contributed by atoms with van der Waals surface area (Å²) in [5.74, 6) is -1.33. The summed E-state index contributed by atoms with van der Waals surface area (Å²) >= 11 is 5.77. The molecule has 2 N–H and O–H groups in total. The number of hydrogen-bond donors (Lipinski definition) is 2. The Morgan fingerprint density at radius 3 is 2.72 bits per heavy atom. The minimum Gasteiger partial charge on any atom is -0.480 e. The molecule has 2 heterocycles. The van der Waals surface area contributed by atoms with Crippen LogP contribution in [0.15, 0.2) is 12.3 Å². The first kappa shape index (κ1) is 19.3. The third-order valence-corrected chi connectivity index (χ3v) is 4.20. The van der Waals surface area contributed by atoms with Gasteiger partial charge in [-0.05, 0) is 25.3 Å². The summed E-state index contributed by atoms with van der Waals surface area (Å²) in [6.07, 6.45) is -1.98. The second-order valence-electron chi connectivity index (χ2n) is 5.67. The van der Waals surface area contributed by atoms with E-state index >= 15 is 0 Å². The second kappa shape index (κ2) is 7.90. The zero-order valence-corrected chi connectivity index (χ0v) is 13.9. The molecule has 0 saturated carbocycles. The third-order valence-electron chi connectivity index (χ3n) is 3.91. The van der Waals surface area contributed by atoms with Crippen molar-refractivity contribution in [1.29, 1.82) is 0 Å². The first-order chi connectivity index (χ1) is 11.7. The number of carboxylic acids is 1. The number of aliphatic carboxylic acids is 1. The van der Waals surface area contributed by atoms with Crippen LogP contribution in [0.4, 0.5) is 19.0 Å². The molecular formula is C15H17ClF3N3O3. The van der Waals surface area contributed by atoms with Crippen molar-refractivity contribution in [2.45, 2.75) is 37.9 Å². The SMILES string of the molecule is O=C(O)[C@H]1CCCCN1C(=O)CCNc1ncc(C(F)(F)F)cc1Cl. The summed E-state index contributed by atoms with van der Waals surface area (Å²) in [6, 6.07) is -0.0712. The number of carbonyl (C=O) groups is 2. The van der Waals surface area contributed by atoms with E-state index < -0.39 is 23.8 Å². The molecule has 1 amide bonds. The summed E-state index contributed by atoms with van der Waals surface area (Å²) in [4.78, 5) is 28.3. The van der Waals surface area contributed by atoms with Gasteiger partial charge < -0.3 is 15.3 Å². The minimum absolute atomic E-state index is 0.0111. The second-order valence-corrected chi connectivity index (χ2v) is 6.07. The molecule has 0 aliphatic carbocycles. The first-order valence-electron chi connectivity index (χ1n) is 7.69. The van der Waals surface area contributed by atoms with Crippen LogP contribution < -0.4 is 5.32 Å². The molecule has 0 radical (unpaired) electrons. The van der Waals surface area contributed by atoms with Crippen molar-refractivity contribution < 1.29 is 27.9 Å². The van der Waals surface area contributed by atoms with Crippen molar-refractivity contribution in [2.75, 3.05) is 18.4 Å². The molecule has 6 nitrogen and oxygen atoms in total. The average Bonchev–Trinajstić information content (AvgIpc) is 2.55. The fraction of sp³-hybridized carbons (Fsp3) is 0.533. The molecule has 1 aromatic heterocycles. The molecule has 0 bridgehead atoms. The van der Waals surface area contributed by atoms with E-state index in [1.165, 1.54) is 4.90 Å². The van der Waals surface area contributed by atoms with Gasteiger partial charge in [-0.3, -0.25) is 4.79 Å². The number of carboxylic acid groups (broad SMARTS) is 1. The van der Waals surface area contributed by atoms with Crippen LogP contribution in [0, 0.1) is 0 Å². The molecule has 1 saturated heterocycles. The molecule has 0 unspecified atom stereocenters. The highest BCUT2D eigenvalue weighted by Crippen LogP contribution is 2.32. The molecule has 1 aliphatic rings. The van der Waals surface area contributed by atoms with Crippen LogP contribution in [0.3, 0.4) is 0 Å². The highest BCUT2D eigenvalue weighted by atomic mass is 35.5. The smallest absolute Gasteiger partial charge is 0.417 e. The van der Waals surface area contributed by atoms with Gasteiger partial charge in [0.15, 0.2) is 0 Å². The molecule has 10 heteroatoms. The molecule has 0 aromatic carbocycles. The van der Waals surface area contributed by atoms with Crippen LogP contribution in [0.1, 0.15) is 31.2 Å². The lowest BCUT2D eigenvalue weighted by Gasteiger charge is -2.33. The Hall–Kier alpha value is -2.03. The van der Waals surface area contributed by atoms with E-state index in [4.69, 9.17) is 16.7 Å². The van der Waals surface area contributed by atoms with E-state index in [-0.39, 0.29) is 29.7 Å². The number of pyridine rings is 1. The maximum atomic E-state index is 12.5. The van der Waals surface area contributed by atoms with Gasteiger partial charge in [0, 0.05) is 25.7 Å². The maximum absolute atomic E-state index is 12.5. The summed E-state index contributed by atoms with van der Waals surface area (Å²) in [5.41, 5.74) is -0.961. The normalized spacial score (nSPS) is 18.1. The Bertz CT molecular complexity index is 655. The van der Waals surface area contributed by atoms with E-state index in [2.05, 4.69) is 10.3 Å². The molecule has 138 valence electrons. The Kier molecular flexibility index (Phi) is 6.10. The standard InChI is InChI=1S/C15H17ClF3N3O3/c16-10-7-9(15(17,18)19)8-21-13(10)20-5-4-12(23)22-6-2-1-3-11(22)14(24)25/h7-8,11H,1-6H2,(H,20,21)(H,24,25)/t11-/m1/s1. The van der Waals surface area contributed by atoms with E-state index in [0.717, 1.165) is 18.9 Å². The van der Waals surface area contributed by atoms with Gasteiger partial charge in [0.1, 0.15) is 11.9 Å². The summed E-state index contributed by atoms with van der Waals surface area (Å²) in [7, 11) is 0. The molecule has 1 aliphatic heterocycles. The highest BCUT2D eigenvalue weighted by Gasteiger charge is 2.32. The van der Waals surface area contributed by atoms with Gasteiger partial charge in [-0.1, -0.05) is 11.6 Å². The van der Waals surface area contributed by atoms with E-state index in [9.17, 15) is 22.8 Å². The maximum Gasteiger partial charge on any atom is 0.417 e. The lowest BCUT2D eigenvalue weighted by atomic mass is 10.0. The fourth-order valence-electron chi connectivity index (χ4n) is 2.64. The fourth-order valence-corrected chi connectivity index (χ4v) is 2.87. The number of halogens is 4. The van der Waals surface area contributed by atoms with Crippen molar-refractivity contribution >= 4 is 29.3 Å². The predicted molar refractivity (Wildman–Crippen MR) is 84.3 cm³/mol. The van der Waals surface area contributed by atoms with Crippen LogP contribution in [-0.2, 0) is 15.8 Å². The number of nitrogens with one attached hydrogen (secondary N) is 1. The largest absolute Gasteiger partial charge is 0.480 e. The molecule has 0 spiro atoms. The van der Waals surface area contributed by atoms with E-state index in [0.29, 0.717) is 19.2 Å². The topological polar surface area (TPSA) is 82.5 Å². The number of nitrogens with zero attached hydrogens (tertiary/aromatic N) is 2. The van der Waals surface area contributed by atoms with Crippen molar-refractivity contribution in [3.8, 4) is 0 Å². The number of likely N-dealkylation sites (tertiary alicyclic amines) is 1. The summed E-state index contributed by atoms with van der Waals surface area (Å²) in [5, 5.41) is 11.7. The van der Waals surface area contributed by atoms with Crippen LogP contribution >= 0.6 is 11.6 Å². The lowest BCUT2D eigenvalue weighted by Crippen LogP contribution is -2.48. The van der Waals surface area contributed by atoms with Gasteiger partial charge in [-0.15, -0.1) is 0 Å². The number of alkyl halides is 3. The quantitative estimate of drug-likeness (QED) is 0.821. The van der Waals surface area contributed by atoms with E-state index in [1.807, 2.05) is 0 Å². The van der Waals surface area contributed by atoms with Gasteiger partial charge in [0.05, 0.1) is 10.6 Å². The van der Waals surface area contributed by atoms with Gasteiger partial charge >= 0.3 is 12.1 Å². The number of amides is 1. The van der Waals surface area contributed by atoms with Gasteiger partial charge in [0.2, 0.25) is 5.91 Å². The van der Waals surface area contributed by atoms with Crippen LogP contribution in [0.25, 0.3) is 0 Å². The van der Waals surface area contributed by atoms with Gasteiger partial charge in [-0.2, -0.15) is 13.2 Å². The highest BCUT2D eigenvalue weighted by molar-refractivity contribution is 6.32. The minimum atomic E-state index is -4.54. The molecule has 25 heavy (non-hydrogen) atoms. The number of aromatic nitrogens is 1. The molecule has 1 aromatic rings. The molecular weight excluding hydrogens is 363 g/mol. The zero-order valence-electron chi connectivity index (χ0n) is 13.1. The lowest BCUT2D eigenvalue weighted by molar-refractivity contribution is -0.151. The van der Waals surface area contributed by atoms with Crippen molar-refractivity contribution in [3.05, 3.63) is 22.8 Å². The molecule has 1 fully saturated rings. The summed E-state index contributed by atoms with van der Waals surface area (Å²) in [6.45, 7) is 0.467. The molecule has 1 atom stereocenters. The number of piperidine rings is 1. The van der Waals surface area contributed by atoms with Gasteiger partial charge in [0.25, 0.3) is 0 Å². The average molecular weight is 380 g/mol. The first-order valence-corrected chi connectivity index (χ1v) is 8.07. The Balaban J connectivity index is 1.92. The predicted octanol–water partition coefficient (Wildman–Crippen LogP) is 3.02. The Labute approximate surface area is 147 Å². The van der Waals surface area contributed by atoms with Crippen molar-refractivity contribution in [2.24, 2.45) is 0 Å². The Morgan fingerprint density at radius 1 is 1.40 bits per heavy atom. The summed E-state index contributed by atoms with van der Waals surface area (Å²) < 4.78 is 37.6. The van der Waals surface area contributed by atoms with Crippen LogP contribution in [-0.4, -0.2) is 46.0 Å². The van der Waals surface area contributed by atoms with Crippen LogP contribution in [0.5, 0.6) is 0 Å². The van der Waals surface area contributed by atoms with Crippen molar-refractivity contribution in [1.82, 2.24) is 9.88 Å². The number of anilines is 1. The number of carbonyl (C=O) groups excluding carboxylic acids is 1. The van der Waals surface area contributed by atoms with Crippen molar-refractivity contribution in [3.63, 3.8) is 0 Å². The van der Waals surface area contributed by atoms with Gasteiger partial charge in [-0.25, -0.2) is 9.78 Å². The Morgan fingerprint density at radius 2 is 2.12 bits per heavy atom.